The summed E-state index contributed by atoms with van der Waals surface area (Å²) in [5.41, 5.74) is 5.13. The van der Waals surface area contributed by atoms with Gasteiger partial charge in [-0.1, -0.05) is 0 Å². The van der Waals surface area contributed by atoms with E-state index in [1.54, 1.807) is 0 Å². The average molecular weight is 255 g/mol. The third kappa shape index (κ3) is 8.10. The van der Waals surface area contributed by atoms with Gasteiger partial charge in [0.15, 0.2) is 6.61 Å². The number of nitrogens with zero attached hydrogens (tertiary/aromatic N) is 1. The molecule has 0 aliphatic carbocycles. The van der Waals surface area contributed by atoms with Gasteiger partial charge in [0.1, 0.15) is 6.04 Å². The maximum Gasteiger partial charge on any atom is 0.303 e. The molecule has 0 saturated heterocycles. The van der Waals surface area contributed by atoms with E-state index in [0.717, 1.165) is 0 Å². The lowest BCUT2D eigenvalue weighted by molar-refractivity contribution is -0.146. The highest BCUT2D eigenvalue weighted by molar-refractivity contribution is 5.87. The van der Waals surface area contributed by atoms with E-state index in [2.05, 4.69) is 10.1 Å². The Balaban J connectivity index is 4.03. The fourth-order valence-corrected chi connectivity index (χ4v) is 1.24. The van der Waals surface area contributed by atoms with Crippen LogP contribution in [0.2, 0.25) is 0 Å². The van der Waals surface area contributed by atoms with Crippen LogP contribution in [-0.4, -0.2) is 30.4 Å². The lowest BCUT2D eigenvalue weighted by atomic mass is 10.1. The summed E-state index contributed by atoms with van der Waals surface area (Å²) in [5, 5.41) is 10.7. The second-order valence-electron chi connectivity index (χ2n) is 3.71. The van der Waals surface area contributed by atoms with E-state index in [1.807, 2.05) is 6.07 Å². The summed E-state index contributed by atoms with van der Waals surface area (Å²) in [6.45, 7) is 0.748. The molecule has 0 bridgehead atoms. The van der Waals surface area contributed by atoms with Gasteiger partial charge in [0.2, 0.25) is 5.91 Å². The van der Waals surface area contributed by atoms with Gasteiger partial charge in [-0.25, -0.2) is 0 Å². The molecule has 0 aliphatic heterocycles. The molecule has 0 aromatic carbocycles. The van der Waals surface area contributed by atoms with Crippen LogP contribution < -0.4 is 11.1 Å². The van der Waals surface area contributed by atoms with Gasteiger partial charge >= 0.3 is 5.97 Å². The predicted octanol–water partition coefficient (Wildman–Crippen LogP) is -0.396. The van der Waals surface area contributed by atoms with E-state index in [-0.39, 0.29) is 0 Å². The summed E-state index contributed by atoms with van der Waals surface area (Å²) in [7, 11) is 0. The minimum absolute atomic E-state index is 0.364. The second kappa shape index (κ2) is 8.98. The van der Waals surface area contributed by atoms with Crippen LogP contribution in [0.15, 0.2) is 0 Å². The number of ether oxygens (including phenoxy) is 1. The van der Waals surface area contributed by atoms with E-state index < -0.39 is 30.4 Å². The van der Waals surface area contributed by atoms with Crippen LogP contribution >= 0.6 is 0 Å². The van der Waals surface area contributed by atoms with Gasteiger partial charge < -0.3 is 15.8 Å². The van der Waals surface area contributed by atoms with Crippen molar-refractivity contribution in [3.8, 4) is 6.07 Å². The second-order valence-corrected chi connectivity index (χ2v) is 3.71. The number of nitrogens with two attached hydrogens (primary N) is 1. The van der Waals surface area contributed by atoms with E-state index in [4.69, 9.17) is 11.0 Å². The van der Waals surface area contributed by atoms with Crippen LogP contribution in [-0.2, 0) is 19.1 Å². The Bertz CT molecular complexity index is 349. The van der Waals surface area contributed by atoms with Crippen LogP contribution in [0, 0.1) is 11.3 Å². The van der Waals surface area contributed by atoms with Crippen molar-refractivity contribution >= 4 is 17.8 Å². The Morgan fingerprint density at radius 2 is 2.06 bits per heavy atom. The minimum atomic E-state index is -0.799. The van der Waals surface area contributed by atoms with E-state index >= 15 is 0 Å². The molecule has 0 radical (unpaired) electrons. The van der Waals surface area contributed by atoms with Gasteiger partial charge in [0, 0.05) is 13.3 Å². The number of nitrogens with one attached hydrogen (secondary N) is 1. The number of esters is 1. The number of hydrogen-bond acceptors (Lipinski definition) is 5. The molecule has 1 atom stereocenters. The quantitative estimate of drug-likeness (QED) is 0.451. The smallest absolute Gasteiger partial charge is 0.303 e. The van der Waals surface area contributed by atoms with Crippen LogP contribution in [0.3, 0.4) is 0 Å². The van der Waals surface area contributed by atoms with Gasteiger partial charge in [0.25, 0.3) is 5.91 Å². The first kappa shape index (κ1) is 15.9. The van der Waals surface area contributed by atoms with Crippen molar-refractivity contribution in [1.29, 1.82) is 5.26 Å². The highest BCUT2D eigenvalue weighted by Gasteiger charge is 2.17. The number of nitriles is 1. The van der Waals surface area contributed by atoms with Gasteiger partial charge in [0.05, 0.1) is 6.07 Å². The number of primary amides is 1. The third-order valence-corrected chi connectivity index (χ3v) is 2.12. The van der Waals surface area contributed by atoms with Crippen molar-refractivity contribution in [2.45, 2.75) is 38.6 Å². The third-order valence-electron chi connectivity index (χ3n) is 2.12. The number of unbranched alkanes of at least 4 members (excludes halogenated alkanes) is 2. The molecule has 7 heteroatoms. The summed E-state index contributed by atoms with van der Waals surface area (Å²) in [5.74, 6) is -1.80. The van der Waals surface area contributed by atoms with Crippen molar-refractivity contribution in [3.63, 3.8) is 0 Å². The Morgan fingerprint density at radius 3 is 2.56 bits per heavy atom. The molecule has 2 amide bonds. The molecule has 7 nitrogen and oxygen atoms in total. The van der Waals surface area contributed by atoms with E-state index in [1.165, 1.54) is 6.92 Å². The van der Waals surface area contributed by atoms with Crippen LogP contribution in [0.4, 0.5) is 0 Å². The van der Waals surface area contributed by atoms with E-state index in [0.29, 0.717) is 25.7 Å². The Hall–Kier alpha value is -2.10. The zero-order valence-corrected chi connectivity index (χ0v) is 10.3. The van der Waals surface area contributed by atoms with Crippen LogP contribution in [0.5, 0.6) is 0 Å². The molecule has 0 spiro atoms. The van der Waals surface area contributed by atoms with Gasteiger partial charge in [-0.15, -0.1) is 0 Å². The molecule has 100 valence electrons. The summed E-state index contributed by atoms with van der Waals surface area (Å²) in [6.07, 6.45) is 2.00. The lowest BCUT2D eigenvalue weighted by Crippen LogP contribution is -2.45. The molecular weight excluding hydrogens is 238 g/mol. The standard InChI is InChI=1S/C11H17N3O4/c1-8(15)18-7-10(16)14-9(11(13)17)5-3-2-4-6-12/h9H,2-5,7H2,1H3,(H2,13,17)(H,14,16)/t9-/m0/s1. The average Bonchev–Trinajstić information content (AvgIpc) is 2.30. The summed E-state index contributed by atoms with van der Waals surface area (Å²) < 4.78 is 4.48. The fourth-order valence-electron chi connectivity index (χ4n) is 1.24. The van der Waals surface area contributed by atoms with Crippen molar-refractivity contribution in [3.05, 3.63) is 0 Å². The minimum Gasteiger partial charge on any atom is -0.456 e. The highest BCUT2D eigenvalue weighted by Crippen LogP contribution is 2.03. The van der Waals surface area contributed by atoms with Gasteiger partial charge in [-0.2, -0.15) is 5.26 Å². The molecule has 0 fully saturated rings. The number of carbonyl (C=O) groups excluding carboxylic acids is 3. The maximum absolute atomic E-state index is 11.3. The first-order chi connectivity index (χ1) is 8.47. The Morgan fingerprint density at radius 1 is 1.39 bits per heavy atom. The van der Waals surface area contributed by atoms with Crippen LogP contribution in [0.25, 0.3) is 0 Å². The molecule has 3 N–H and O–H groups in total. The highest BCUT2D eigenvalue weighted by atomic mass is 16.5. The lowest BCUT2D eigenvalue weighted by Gasteiger charge is -2.14. The predicted molar refractivity (Wildman–Crippen MR) is 61.8 cm³/mol. The van der Waals surface area contributed by atoms with Crippen molar-refractivity contribution < 1.29 is 19.1 Å². The van der Waals surface area contributed by atoms with Gasteiger partial charge in [-0.3, -0.25) is 14.4 Å². The molecule has 0 heterocycles. The van der Waals surface area contributed by atoms with E-state index in [9.17, 15) is 14.4 Å². The first-order valence-electron chi connectivity index (χ1n) is 5.56. The number of carbonyl (C=O) groups is 3. The van der Waals surface area contributed by atoms with Crippen LogP contribution in [0.1, 0.15) is 32.6 Å². The summed E-state index contributed by atoms with van der Waals surface area (Å²) in [4.78, 5) is 32.9. The Kier molecular flexibility index (Phi) is 7.94. The number of amides is 2. The molecule has 0 aromatic rings. The maximum atomic E-state index is 11.3. The number of rotatable bonds is 8. The molecule has 0 rings (SSSR count). The van der Waals surface area contributed by atoms with Crippen molar-refractivity contribution in [1.82, 2.24) is 5.32 Å². The topological polar surface area (TPSA) is 122 Å². The molecule has 0 unspecified atom stereocenters. The molecule has 0 aliphatic rings. The summed E-state index contributed by atoms with van der Waals surface area (Å²) in [6, 6.07) is 1.18. The fraction of sp³-hybridized carbons (Fsp3) is 0.636. The SMILES string of the molecule is CC(=O)OCC(=O)N[C@@H](CCCCC#N)C(N)=O. The molecular formula is C11H17N3O4. The Labute approximate surface area is 105 Å². The van der Waals surface area contributed by atoms with Crippen molar-refractivity contribution in [2.24, 2.45) is 5.73 Å². The monoisotopic (exact) mass is 255 g/mol. The first-order valence-corrected chi connectivity index (χ1v) is 5.56. The molecule has 0 aromatic heterocycles. The molecule has 0 saturated carbocycles. The zero-order chi connectivity index (χ0) is 14.0. The molecule has 18 heavy (non-hydrogen) atoms. The van der Waals surface area contributed by atoms with Gasteiger partial charge in [-0.05, 0) is 19.3 Å². The van der Waals surface area contributed by atoms with Crippen molar-refractivity contribution in [2.75, 3.05) is 6.61 Å². The normalized spacial score (nSPS) is 11.1. The number of hydrogen-bond donors (Lipinski definition) is 2. The zero-order valence-electron chi connectivity index (χ0n) is 10.3. The summed E-state index contributed by atoms with van der Waals surface area (Å²) >= 11 is 0. The largest absolute Gasteiger partial charge is 0.456 e.